The summed E-state index contributed by atoms with van der Waals surface area (Å²) in [4.78, 5) is 13.8. The Balaban J connectivity index is 2.08. The molecule has 1 amide bonds. The maximum Gasteiger partial charge on any atom is 0.220 e. The summed E-state index contributed by atoms with van der Waals surface area (Å²) in [7, 11) is -1.32. The van der Waals surface area contributed by atoms with Crippen LogP contribution in [0.4, 0.5) is 0 Å². The van der Waals surface area contributed by atoms with Crippen LogP contribution in [0, 0.1) is 5.92 Å². The first-order valence-electron chi connectivity index (χ1n) is 7.71. The van der Waals surface area contributed by atoms with Gasteiger partial charge in [0.1, 0.15) is 0 Å². The Morgan fingerprint density at radius 3 is 2.86 bits per heavy atom. The lowest BCUT2D eigenvalue weighted by Gasteiger charge is -2.23. The number of amides is 1. The van der Waals surface area contributed by atoms with Gasteiger partial charge < -0.3 is 9.88 Å². The fourth-order valence-electron chi connectivity index (χ4n) is 2.84. The van der Waals surface area contributed by atoms with Crippen molar-refractivity contribution in [2.45, 2.75) is 26.4 Å². The molecular formula is C15H25N3O3S. The summed E-state index contributed by atoms with van der Waals surface area (Å²) in [5.41, 5.74) is 1.17. The Kier molecular flexibility index (Phi) is 5.63. The Bertz CT molecular complexity index is 609. The highest BCUT2D eigenvalue weighted by Gasteiger charge is 2.24. The quantitative estimate of drug-likeness (QED) is 0.825. The predicted octanol–water partition coefficient (Wildman–Crippen LogP) is 0.491. The predicted molar refractivity (Wildman–Crippen MR) is 86.2 cm³/mol. The maximum atomic E-state index is 11.7. The van der Waals surface area contributed by atoms with Crippen molar-refractivity contribution >= 4 is 15.7 Å². The molecule has 0 spiro atoms. The molecule has 1 aliphatic heterocycles. The van der Waals surface area contributed by atoms with Gasteiger partial charge in [-0.05, 0) is 18.1 Å². The van der Waals surface area contributed by atoms with Crippen LogP contribution in [-0.4, -0.2) is 55.4 Å². The largest absolute Gasteiger partial charge is 0.359 e. The summed E-state index contributed by atoms with van der Waals surface area (Å²) in [5.74, 6) is 0.579. The molecule has 1 aliphatic rings. The van der Waals surface area contributed by atoms with Crippen LogP contribution in [0.25, 0.3) is 0 Å². The molecule has 2 heterocycles. The number of sulfone groups is 1. The molecule has 2 rings (SSSR count). The van der Waals surface area contributed by atoms with Gasteiger partial charge in [0.05, 0.1) is 5.75 Å². The third kappa shape index (κ3) is 4.58. The van der Waals surface area contributed by atoms with Crippen molar-refractivity contribution in [1.82, 2.24) is 14.8 Å². The van der Waals surface area contributed by atoms with Gasteiger partial charge >= 0.3 is 0 Å². The molecule has 0 aliphatic carbocycles. The third-order valence-electron chi connectivity index (χ3n) is 4.19. The van der Waals surface area contributed by atoms with Crippen molar-refractivity contribution in [3.8, 4) is 0 Å². The standard InChI is InChI=1S/C15H25N3O3S/c1-3-22(20,21)8-7-17-10-13(9-15(19)16-2)11-18-6-4-5-14(18)12-17/h4-6,13H,3,7-12H2,1-2H3,(H,16,19)/t13-/m0/s1. The van der Waals surface area contributed by atoms with Gasteiger partial charge in [-0.1, -0.05) is 6.92 Å². The molecule has 0 aromatic carbocycles. The minimum atomic E-state index is -2.97. The summed E-state index contributed by atoms with van der Waals surface area (Å²) >= 11 is 0. The van der Waals surface area contributed by atoms with E-state index in [9.17, 15) is 13.2 Å². The summed E-state index contributed by atoms with van der Waals surface area (Å²) in [6.07, 6.45) is 2.49. The van der Waals surface area contributed by atoms with Crippen molar-refractivity contribution in [3.05, 3.63) is 24.0 Å². The molecule has 0 unspecified atom stereocenters. The number of rotatable bonds is 6. The average Bonchev–Trinajstić information content (AvgIpc) is 2.84. The first kappa shape index (κ1) is 17.0. The van der Waals surface area contributed by atoms with Crippen molar-refractivity contribution in [3.63, 3.8) is 0 Å². The maximum absolute atomic E-state index is 11.7. The zero-order valence-electron chi connectivity index (χ0n) is 13.3. The number of nitrogens with one attached hydrogen (secondary N) is 1. The molecule has 1 atom stereocenters. The molecule has 0 saturated heterocycles. The highest BCUT2D eigenvalue weighted by Crippen LogP contribution is 2.19. The average molecular weight is 327 g/mol. The van der Waals surface area contributed by atoms with Crippen molar-refractivity contribution in [2.24, 2.45) is 5.92 Å². The monoisotopic (exact) mass is 327 g/mol. The highest BCUT2D eigenvalue weighted by atomic mass is 32.2. The number of hydrogen-bond acceptors (Lipinski definition) is 4. The van der Waals surface area contributed by atoms with E-state index in [-0.39, 0.29) is 23.3 Å². The molecule has 7 heteroatoms. The number of nitrogens with zero attached hydrogens (tertiary/aromatic N) is 2. The van der Waals surface area contributed by atoms with E-state index in [0.717, 1.165) is 19.6 Å². The molecule has 0 bridgehead atoms. The summed E-state index contributed by atoms with van der Waals surface area (Å²) in [6.45, 7) is 4.47. The topological polar surface area (TPSA) is 71.4 Å². The van der Waals surface area contributed by atoms with E-state index in [1.54, 1.807) is 14.0 Å². The summed E-state index contributed by atoms with van der Waals surface area (Å²) < 4.78 is 25.6. The van der Waals surface area contributed by atoms with Crippen LogP contribution in [0.3, 0.4) is 0 Å². The van der Waals surface area contributed by atoms with Crippen molar-refractivity contribution in [1.29, 1.82) is 0 Å². The Morgan fingerprint density at radius 2 is 2.18 bits per heavy atom. The zero-order chi connectivity index (χ0) is 16.2. The van der Waals surface area contributed by atoms with Crippen molar-refractivity contribution in [2.75, 3.05) is 31.6 Å². The minimum absolute atomic E-state index is 0.0294. The lowest BCUT2D eigenvalue weighted by atomic mass is 10.0. The summed E-state index contributed by atoms with van der Waals surface area (Å²) in [5, 5.41) is 2.67. The fraction of sp³-hybridized carbons (Fsp3) is 0.667. The van der Waals surface area contributed by atoms with Crippen LogP contribution < -0.4 is 5.32 Å². The van der Waals surface area contributed by atoms with E-state index in [0.29, 0.717) is 13.0 Å². The van der Waals surface area contributed by atoms with Gasteiger partial charge in [-0.3, -0.25) is 9.69 Å². The van der Waals surface area contributed by atoms with Crippen molar-refractivity contribution < 1.29 is 13.2 Å². The first-order valence-corrected chi connectivity index (χ1v) is 9.53. The minimum Gasteiger partial charge on any atom is -0.359 e. The molecule has 0 radical (unpaired) electrons. The van der Waals surface area contributed by atoms with Gasteiger partial charge in [0.25, 0.3) is 0 Å². The van der Waals surface area contributed by atoms with E-state index >= 15 is 0 Å². The molecule has 6 nitrogen and oxygen atoms in total. The number of hydrogen-bond donors (Lipinski definition) is 1. The SMILES string of the molecule is CCS(=O)(=O)CCN1Cc2cccn2C[C@@H](CC(=O)NC)C1. The summed E-state index contributed by atoms with van der Waals surface area (Å²) in [6, 6.07) is 4.06. The molecule has 0 fully saturated rings. The van der Waals surface area contributed by atoms with Crippen LogP contribution in [0.2, 0.25) is 0 Å². The number of carbonyl (C=O) groups excluding carboxylic acids is 1. The van der Waals surface area contributed by atoms with Gasteiger partial charge in [-0.25, -0.2) is 8.42 Å². The molecule has 22 heavy (non-hydrogen) atoms. The van der Waals surface area contributed by atoms with E-state index in [2.05, 4.69) is 20.9 Å². The second kappa shape index (κ2) is 7.28. The van der Waals surface area contributed by atoms with Gasteiger partial charge in [-0.2, -0.15) is 0 Å². The Hall–Kier alpha value is -1.34. The molecule has 0 saturated carbocycles. The number of fused-ring (bicyclic) bond motifs is 1. The van der Waals surface area contributed by atoms with Crippen LogP contribution in [0.5, 0.6) is 0 Å². The lowest BCUT2D eigenvalue weighted by molar-refractivity contribution is -0.121. The molecule has 124 valence electrons. The molecular weight excluding hydrogens is 302 g/mol. The van der Waals surface area contributed by atoms with Gasteiger partial charge in [-0.15, -0.1) is 0 Å². The lowest BCUT2D eigenvalue weighted by Crippen LogP contribution is -2.34. The highest BCUT2D eigenvalue weighted by molar-refractivity contribution is 7.91. The zero-order valence-corrected chi connectivity index (χ0v) is 14.1. The van der Waals surface area contributed by atoms with Gasteiger partial charge in [0.2, 0.25) is 5.91 Å². The van der Waals surface area contributed by atoms with Gasteiger partial charge in [0.15, 0.2) is 9.84 Å². The second-order valence-electron chi connectivity index (χ2n) is 5.87. The van der Waals surface area contributed by atoms with E-state index in [4.69, 9.17) is 0 Å². The van der Waals surface area contributed by atoms with E-state index in [1.807, 2.05) is 12.3 Å². The second-order valence-corrected chi connectivity index (χ2v) is 8.34. The fourth-order valence-corrected chi connectivity index (χ4v) is 3.67. The first-order chi connectivity index (χ1) is 10.4. The Labute approximate surface area is 132 Å². The molecule has 1 aromatic rings. The van der Waals surface area contributed by atoms with Crippen LogP contribution >= 0.6 is 0 Å². The molecule has 1 N–H and O–H groups in total. The van der Waals surface area contributed by atoms with Gasteiger partial charge in [0, 0.05) is 57.3 Å². The van der Waals surface area contributed by atoms with E-state index in [1.165, 1.54) is 5.69 Å². The number of aromatic nitrogens is 1. The van der Waals surface area contributed by atoms with Crippen LogP contribution in [0.1, 0.15) is 19.0 Å². The molecule has 1 aromatic heterocycles. The van der Waals surface area contributed by atoms with E-state index < -0.39 is 9.84 Å². The number of carbonyl (C=O) groups is 1. The third-order valence-corrected chi connectivity index (χ3v) is 5.88. The van der Waals surface area contributed by atoms with Crippen LogP contribution in [-0.2, 0) is 27.7 Å². The van der Waals surface area contributed by atoms with Crippen LogP contribution in [0.15, 0.2) is 18.3 Å². The normalized spacial score (nSPS) is 19.5. The smallest absolute Gasteiger partial charge is 0.220 e. The Morgan fingerprint density at radius 1 is 1.41 bits per heavy atom.